The molecule has 0 spiro atoms. The second-order valence-electron chi connectivity index (χ2n) is 6.18. The lowest BCUT2D eigenvalue weighted by molar-refractivity contribution is -0.384. The summed E-state index contributed by atoms with van der Waals surface area (Å²) in [4.78, 5) is 23.1. The van der Waals surface area contributed by atoms with Crippen molar-refractivity contribution in [3.05, 3.63) is 74.5 Å². The Morgan fingerprint density at radius 3 is 2.68 bits per heavy atom. The number of nitro groups is 1. The van der Waals surface area contributed by atoms with Gasteiger partial charge in [0.15, 0.2) is 0 Å². The lowest BCUT2D eigenvalue weighted by Gasteiger charge is -2.10. The van der Waals surface area contributed by atoms with Crippen molar-refractivity contribution in [2.45, 2.75) is 20.4 Å². The molecular weight excluding hydrogens is 428 g/mol. The molecule has 8 nitrogen and oxygen atoms in total. The summed E-state index contributed by atoms with van der Waals surface area (Å²) >= 11 is 3.34. The first-order valence-electron chi connectivity index (χ1n) is 8.33. The summed E-state index contributed by atoms with van der Waals surface area (Å²) in [5.74, 6) is 0.448. The molecule has 0 aliphatic rings. The average molecular weight is 445 g/mol. The highest BCUT2D eigenvalue weighted by molar-refractivity contribution is 9.10. The largest absolute Gasteiger partial charge is 0.457 e. The molecule has 0 unspecified atom stereocenters. The van der Waals surface area contributed by atoms with Gasteiger partial charge in [-0.05, 0) is 47.5 Å². The molecule has 1 N–H and O–H groups in total. The molecule has 2 aromatic carbocycles. The van der Waals surface area contributed by atoms with Crippen LogP contribution < -0.4 is 10.1 Å². The Kier molecular flexibility index (Phi) is 5.74. The Morgan fingerprint density at radius 1 is 1.25 bits per heavy atom. The predicted octanol–water partition coefficient (Wildman–Crippen LogP) is 4.60. The number of rotatable bonds is 6. The summed E-state index contributed by atoms with van der Waals surface area (Å²) in [5.41, 5.74) is 1.89. The van der Waals surface area contributed by atoms with E-state index in [1.54, 1.807) is 18.3 Å². The third kappa shape index (κ3) is 4.74. The fourth-order valence-electron chi connectivity index (χ4n) is 2.55. The number of halogens is 1. The van der Waals surface area contributed by atoms with Gasteiger partial charge >= 0.3 is 0 Å². The number of anilines is 1. The molecule has 1 amide bonds. The quantitative estimate of drug-likeness (QED) is 0.442. The van der Waals surface area contributed by atoms with Gasteiger partial charge in [0.05, 0.1) is 33.0 Å². The number of amides is 1. The molecular formula is C19H17BrN4O4. The van der Waals surface area contributed by atoms with E-state index in [2.05, 4.69) is 26.3 Å². The lowest BCUT2D eigenvalue weighted by Crippen LogP contribution is -2.20. The first kappa shape index (κ1) is 19.6. The van der Waals surface area contributed by atoms with Crippen LogP contribution in [0.2, 0.25) is 0 Å². The summed E-state index contributed by atoms with van der Waals surface area (Å²) in [6.07, 6.45) is 1.60. The minimum absolute atomic E-state index is 0.0196. The number of nitrogens with one attached hydrogen (secondary N) is 1. The zero-order chi connectivity index (χ0) is 20.3. The number of ether oxygens (including phenoxy) is 1. The molecule has 0 radical (unpaired) electrons. The van der Waals surface area contributed by atoms with Crippen molar-refractivity contribution in [2.24, 2.45) is 0 Å². The number of carbonyl (C=O) groups excluding carboxylic acids is 1. The van der Waals surface area contributed by atoms with Crippen molar-refractivity contribution < 1.29 is 14.5 Å². The van der Waals surface area contributed by atoms with Crippen LogP contribution in [0.3, 0.4) is 0 Å². The van der Waals surface area contributed by atoms with Gasteiger partial charge in [-0.2, -0.15) is 5.10 Å². The molecule has 1 heterocycles. The van der Waals surface area contributed by atoms with E-state index in [0.717, 1.165) is 15.7 Å². The number of nitrogens with zero attached hydrogens (tertiary/aromatic N) is 3. The van der Waals surface area contributed by atoms with Gasteiger partial charge in [-0.15, -0.1) is 0 Å². The summed E-state index contributed by atoms with van der Waals surface area (Å²) in [6, 6.07) is 11.5. The standard InChI is InChI=1S/C19H17BrN4O4/c1-12-4-3-5-16(6-12)28-17-8-14(7-15(9-17)24(26)27)22-19(25)11-23-13(2)18(20)10-21-23/h3-10H,11H2,1-2H3,(H,22,25). The van der Waals surface area contributed by atoms with E-state index in [0.29, 0.717) is 5.75 Å². The van der Waals surface area contributed by atoms with E-state index in [-0.39, 0.29) is 29.6 Å². The van der Waals surface area contributed by atoms with Crippen molar-refractivity contribution in [2.75, 3.05) is 5.32 Å². The maximum Gasteiger partial charge on any atom is 0.275 e. The van der Waals surface area contributed by atoms with Crippen molar-refractivity contribution in [3.8, 4) is 11.5 Å². The zero-order valence-electron chi connectivity index (χ0n) is 15.2. The van der Waals surface area contributed by atoms with Gasteiger partial charge in [0.1, 0.15) is 18.0 Å². The lowest BCUT2D eigenvalue weighted by atomic mass is 10.2. The Hall–Kier alpha value is -3.20. The number of aromatic nitrogens is 2. The molecule has 0 saturated carbocycles. The van der Waals surface area contributed by atoms with Gasteiger partial charge in [0, 0.05) is 12.1 Å². The van der Waals surface area contributed by atoms with Crippen LogP contribution in [0, 0.1) is 24.0 Å². The van der Waals surface area contributed by atoms with Crippen molar-refractivity contribution >= 4 is 33.2 Å². The summed E-state index contributed by atoms with van der Waals surface area (Å²) in [6.45, 7) is 3.72. The number of benzene rings is 2. The fraction of sp³-hybridized carbons (Fsp3) is 0.158. The van der Waals surface area contributed by atoms with Crippen LogP contribution >= 0.6 is 15.9 Å². The van der Waals surface area contributed by atoms with Gasteiger partial charge in [-0.3, -0.25) is 19.6 Å². The number of non-ortho nitro benzene ring substituents is 1. The smallest absolute Gasteiger partial charge is 0.275 e. The Labute approximate surface area is 169 Å². The van der Waals surface area contributed by atoms with Crippen LogP contribution in [0.4, 0.5) is 11.4 Å². The van der Waals surface area contributed by atoms with Crippen molar-refractivity contribution in [3.63, 3.8) is 0 Å². The Morgan fingerprint density at radius 2 is 2.04 bits per heavy atom. The molecule has 0 aliphatic carbocycles. The van der Waals surface area contributed by atoms with Crippen LogP contribution in [0.25, 0.3) is 0 Å². The second kappa shape index (κ2) is 8.22. The van der Waals surface area contributed by atoms with Gasteiger partial charge in [0.2, 0.25) is 5.91 Å². The molecule has 144 valence electrons. The molecule has 0 saturated heterocycles. The topological polar surface area (TPSA) is 99.3 Å². The number of hydrogen-bond donors (Lipinski definition) is 1. The maximum atomic E-state index is 12.3. The minimum atomic E-state index is -0.534. The van der Waals surface area contributed by atoms with Crippen LogP contribution in [0.1, 0.15) is 11.3 Å². The van der Waals surface area contributed by atoms with E-state index in [9.17, 15) is 14.9 Å². The molecule has 3 aromatic rings. The van der Waals surface area contributed by atoms with Gasteiger partial charge in [0.25, 0.3) is 5.69 Å². The molecule has 0 bridgehead atoms. The third-order valence-electron chi connectivity index (χ3n) is 3.95. The highest BCUT2D eigenvalue weighted by Gasteiger charge is 2.14. The molecule has 1 aromatic heterocycles. The SMILES string of the molecule is Cc1cccc(Oc2cc(NC(=O)Cn3ncc(Br)c3C)cc([N+](=O)[O-])c2)c1. The first-order chi connectivity index (χ1) is 13.3. The van der Waals surface area contributed by atoms with Gasteiger partial charge in [-0.25, -0.2) is 0 Å². The fourth-order valence-corrected chi connectivity index (χ4v) is 2.85. The van der Waals surface area contributed by atoms with E-state index >= 15 is 0 Å². The number of nitro benzene ring substituents is 1. The maximum absolute atomic E-state index is 12.3. The zero-order valence-corrected chi connectivity index (χ0v) is 16.8. The molecule has 9 heteroatoms. The number of hydrogen-bond acceptors (Lipinski definition) is 5. The monoisotopic (exact) mass is 444 g/mol. The molecule has 0 atom stereocenters. The summed E-state index contributed by atoms with van der Waals surface area (Å²) < 4.78 is 8.06. The van der Waals surface area contributed by atoms with Gasteiger partial charge in [-0.1, -0.05) is 12.1 Å². The van der Waals surface area contributed by atoms with Gasteiger partial charge < -0.3 is 10.1 Å². The third-order valence-corrected chi connectivity index (χ3v) is 4.73. The first-order valence-corrected chi connectivity index (χ1v) is 9.13. The van der Waals surface area contributed by atoms with Crippen LogP contribution in [0.5, 0.6) is 11.5 Å². The highest BCUT2D eigenvalue weighted by atomic mass is 79.9. The Balaban J connectivity index is 1.81. The second-order valence-corrected chi connectivity index (χ2v) is 7.03. The van der Waals surface area contributed by atoms with Crippen LogP contribution in [-0.2, 0) is 11.3 Å². The van der Waals surface area contributed by atoms with Crippen molar-refractivity contribution in [1.82, 2.24) is 9.78 Å². The normalized spacial score (nSPS) is 10.5. The Bertz CT molecular complexity index is 1050. The van der Waals surface area contributed by atoms with E-state index in [1.165, 1.54) is 16.8 Å². The molecule has 0 aliphatic heterocycles. The highest BCUT2D eigenvalue weighted by Crippen LogP contribution is 2.30. The van der Waals surface area contributed by atoms with Crippen LogP contribution in [-0.4, -0.2) is 20.6 Å². The number of carbonyl (C=O) groups is 1. The predicted molar refractivity (Wildman–Crippen MR) is 108 cm³/mol. The van der Waals surface area contributed by atoms with E-state index in [1.807, 2.05) is 32.0 Å². The van der Waals surface area contributed by atoms with E-state index < -0.39 is 4.92 Å². The van der Waals surface area contributed by atoms with Crippen molar-refractivity contribution in [1.29, 1.82) is 0 Å². The molecule has 3 rings (SSSR count). The molecule has 0 fully saturated rings. The summed E-state index contributed by atoms with van der Waals surface area (Å²) in [5, 5.41) is 18.0. The number of aryl methyl sites for hydroxylation is 1. The average Bonchev–Trinajstić information content (AvgIpc) is 2.93. The van der Waals surface area contributed by atoms with E-state index in [4.69, 9.17) is 4.74 Å². The summed E-state index contributed by atoms with van der Waals surface area (Å²) in [7, 11) is 0. The van der Waals surface area contributed by atoms with Crippen LogP contribution in [0.15, 0.2) is 53.1 Å². The minimum Gasteiger partial charge on any atom is -0.457 e. The molecule has 28 heavy (non-hydrogen) atoms.